The van der Waals surface area contributed by atoms with E-state index in [-0.39, 0.29) is 19.0 Å². The van der Waals surface area contributed by atoms with E-state index in [1.165, 1.54) is 0 Å². The van der Waals surface area contributed by atoms with E-state index in [1.54, 1.807) is 24.3 Å². The highest BCUT2D eigenvalue weighted by Crippen LogP contribution is 2.12. The Balaban J connectivity index is 1.83. The van der Waals surface area contributed by atoms with Crippen LogP contribution in [0.25, 0.3) is 0 Å². The van der Waals surface area contributed by atoms with Gasteiger partial charge in [0.2, 0.25) is 0 Å². The van der Waals surface area contributed by atoms with Crippen LogP contribution in [0, 0.1) is 0 Å². The molecule has 0 aromatic heterocycles. The first-order valence-electron chi connectivity index (χ1n) is 6.16. The molecular formula is C16H16O3. The number of Topliss-reactive ketones (excluding diaryl/α,β-unsaturated/α-hetero) is 1. The van der Waals surface area contributed by atoms with Gasteiger partial charge in [0.25, 0.3) is 0 Å². The van der Waals surface area contributed by atoms with Crippen LogP contribution in [0.2, 0.25) is 0 Å². The van der Waals surface area contributed by atoms with Crippen molar-refractivity contribution in [1.82, 2.24) is 0 Å². The predicted octanol–water partition coefficient (Wildman–Crippen LogP) is 2.37. The number of carbonyl (C=O) groups excluding carboxylic acids is 1. The third-order valence-corrected chi connectivity index (χ3v) is 2.75. The second kappa shape index (κ2) is 6.71. The van der Waals surface area contributed by atoms with Gasteiger partial charge < -0.3 is 9.84 Å². The molecule has 0 saturated carbocycles. The Morgan fingerprint density at radius 3 is 2.26 bits per heavy atom. The monoisotopic (exact) mass is 256 g/mol. The van der Waals surface area contributed by atoms with Crippen molar-refractivity contribution in [2.24, 2.45) is 0 Å². The molecule has 19 heavy (non-hydrogen) atoms. The van der Waals surface area contributed by atoms with Crippen LogP contribution in [0.5, 0.6) is 5.75 Å². The molecular weight excluding hydrogens is 240 g/mol. The van der Waals surface area contributed by atoms with Crippen LogP contribution < -0.4 is 4.74 Å². The molecule has 0 unspecified atom stereocenters. The molecule has 0 spiro atoms. The average Bonchev–Trinajstić information content (AvgIpc) is 2.47. The van der Waals surface area contributed by atoms with E-state index in [9.17, 15) is 4.79 Å². The Kier molecular flexibility index (Phi) is 4.70. The van der Waals surface area contributed by atoms with Crippen LogP contribution in [0.15, 0.2) is 54.6 Å². The van der Waals surface area contributed by atoms with E-state index in [2.05, 4.69) is 0 Å². The summed E-state index contributed by atoms with van der Waals surface area (Å²) in [7, 11) is 0. The summed E-state index contributed by atoms with van der Waals surface area (Å²) in [4.78, 5) is 11.7. The fourth-order valence-electron chi connectivity index (χ4n) is 1.73. The standard InChI is InChI=1S/C16H16O3/c17-11-14-6-8-16(9-7-14)19-12-15(18)10-13-4-2-1-3-5-13/h1-9,17H,10-12H2. The zero-order chi connectivity index (χ0) is 13.5. The van der Waals surface area contributed by atoms with Crippen LogP contribution >= 0.6 is 0 Å². The molecule has 0 amide bonds. The zero-order valence-corrected chi connectivity index (χ0v) is 10.6. The van der Waals surface area contributed by atoms with Gasteiger partial charge in [-0.3, -0.25) is 4.79 Å². The topological polar surface area (TPSA) is 46.5 Å². The van der Waals surface area contributed by atoms with E-state index in [0.29, 0.717) is 12.2 Å². The van der Waals surface area contributed by atoms with Crippen LogP contribution in [0.1, 0.15) is 11.1 Å². The lowest BCUT2D eigenvalue weighted by Gasteiger charge is -2.06. The first-order chi connectivity index (χ1) is 9.28. The fraction of sp³-hybridized carbons (Fsp3) is 0.188. The van der Waals surface area contributed by atoms with Gasteiger partial charge in [-0.1, -0.05) is 42.5 Å². The van der Waals surface area contributed by atoms with Crippen molar-refractivity contribution in [3.8, 4) is 5.75 Å². The van der Waals surface area contributed by atoms with Gasteiger partial charge in [-0.15, -0.1) is 0 Å². The van der Waals surface area contributed by atoms with Crippen molar-refractivity contribution >= 4 is 5.78 Å². The first kappa shape index (κ1) is 13.3. The molecule has 0 radical (unpaired) electrons. The van der Waals surface area contributed by atoms with Gasteiger partial charge in [0.05, 0.1) is 6.61 Å². The molecule has 2 aromatic rings. The van der Waals surface area contributed by atoms with Crippen molar-refractivity contribution < 1.29 is 14.6 Å². The normalized spacial score (nSPS) is 10.2. The minimum absolute atomic E-state index is 0.00716. The Bertz CT molecular complexity index is 517. The maximum absolute atomic E-state index is 11.7. The quantitative estimate of drug-likeness (QED) is 0.863. The molecule has 0 aliphatic heterocycles. The number of hydrogen-bond donors (Lipinski definition) is 1. The number of hydrogen-bond acceptors (Lipinski definition) is 3. The largest absolute Gasteiger partial charge is 0.486 e. The molecule has 0 heterocycles. The van der Waals surface area contributed by atoms with Crippen LogP contribution in [0.3, 0.4) is 0 Å². The molecule has 2 rings (SSSR count). The minimum Gasteiger partial charge on any atom is -0.486 e. The van der Waals surface area contributed by atoms with Crippen LogP contribution in [-0.2, 0) is 17.8 Å². The SMILES string of the molecule is O=C(COc1ccc(CO)cc1)Cc1ccccc1. The molecule has 0 bridgehead atoms. The number of carbonyl (C=O) groups is 1. The van der Waals surface area contributed by atoms with Crippen molar-refractivity contribution in [2.45, 2.75) is 13.0 Å². The highest BCUT2D eigenvalue weighted by atomic mass is 16.5. The molecule has 0 aliphatic rings. The van der Waals surface area contributed by atoms with Crippen molar-refractivity contribution in [2.75, 3.05) is 6.61 Å². The second-order valence-corrected chi connectivity index (χ2v) is 4.29. The summed E-state index contributed by atoms with van der Waals surface area (Å²) in [6, 6.07) is 16.7. The summed E-state index contributed by atoms with van der Waals surface area (Å²) >= 11 is 0. The van der Waals surface area contributed by atoms with Gasteiger partial charge in [0.1, 0.15) is 12.4 Å². The summed E-state index contributed by atoms with van der Waals surface area (Å²) < 4.78 is 5.41. The van der Waals surface area contributed by atoms with E-state index in [1.807, 2.05) is 30.3 Å². The maximum Gasteiger partial charge on any atom is 0.174 e. The Labute approximate surface area is 112 Å². The van der Waals surface area contributed by atoms with Gasteiger partial charge in [0, 0.05) is 6.42 Å². The molecule has 0 saturated heterocycles. The Hall–Kier alpha value is -2.13. The lowest BCUT2D eigenvalue weighted by atomic mass is 10.1. The summed E-state index contributed by atoms with van der Waals surface area (Å²) in [5, 5.41) is 8.92. The third kappa shape index (κ3) is 4.23. The van der Waals surface area contributed by atoms with Gasteiger partial charge >= 0.3 is 0 Å². The smallest absolute Gasteiger partial charge is 0.174 e. The van der Waals surface area contributed by atoms with Gasteiger partial charge in [-0.2, -0.15) is 0 Å². The van der Waals surface area contributed by atoms with E-state index in [4.69, 9.17) is 9.84 Å². The maximum atomic E-state index is 11.7. The molecule has 0 atom stereocenters. The number of aliphatic hydroxyl groups is 1. The highest BCUT2D eigenvalue weighted by molar-refractivity contribution is 5.82. The predicted molar refractivity (Wildman–Crippen MR) is 73.0 cm³/mol. The molecule has 2 aromatic carbocycles. The number of aliphatic hydroxyl groups excluding tert-OH is 1. The van der Waals surface area contributed by atoms with E-state index < -0.39 is 0 Å². The summed E-state index contributed by atoms with van der Waals surface area (Å²) in [5.41, 5.74) is 1.81. The minimum atomic E-state index is 0.00716. The third-order valence-electron chi connectivity index (χ3n) is 2.75. The number of ketones is 1. The van der Waals surface area contributed by atoms with Gasteiger partial charge in [-0.05, 0) is 23.3 Å². The fourth-order valence-corrected chi connectivity index (χ4v) is 1.73. The lowest BCUT2D eigenvalue weighted by Crippen LogP contribution is -2.13. The van der Waals surface area contributed by atoms with Crippen LogP contribution in [-0.4, -0.2) is 17.5 Å². The van der Waals surface area contributed by atoms with Gasteiger partial charge in [-0.25, -0.2) is 0 Å². The van der Waals surface area contributed by atoms with Crippen molar-refractivity contribution in [3.05, 3.63) is 65.7 Å². The zero-order valence-electron chi connectivity index (χ0n) is 10.6. The second-order valence-electron chi connectivity index (χ2n) is 4.29. The molecule has 98 valence electrons. The summed E-state index contributed by atoms with van der Waals surface area (Å²) in [6.07, 6.45) is 0.384. The number of rotatable bonds is 6. The van der Waals surface area contributed by atoms with Crippen LogP contribution in [0.4, 0.5) is 0 Å². The van der Waals surface area contributed by atoms with E-state index >= 15 is 0 Å². The van der Waals surface area contributed by atoms with E-state index in [0.717, 1.165) is 11.1 Å². The summed E-state index contributed by atoms with van der Waals surface area (Å²) in [6.45, 7) is 0.0700. The van der Waals surface area contributed by atoms with Crippen molar-refractivity contribution in [1.29, 1.82) is 0 Å². The average molecular weight is 256 g/mol. The Morgan fingerprint density at radius 2 is 1.63 bits per heavy atom. The molecule has 3 heteroatoms. The first-order valence-corrected chi connectivity index (χ1v) is 6.16. The summed E-state index contributed by atoms with van der Waals surface area (Å²) in [5.74, 6) is 0.677. The number of benzene rings is 2. The molecule has 1 N–H and O–H groups in total. The number of ether oxygens (including phenoxy) is 1. The Morgan fingerprint density at radius 1 is 0.947 bits per heavy atom. The molecule has 3 nitrogen and oxygen atoms in total. The molecule has 0 aliphatic carbocycles. The van der Waals surface area contributed by atoms with Crippen molar-refractivity contribution in [3.63, 3.8) is 0 Å². The highest BCUT2D eigenvalue weighted by Gasteiger charge is 2.04. The lowest BCUT2D eigenvalue weighted by molar-refractivity contribution is -0.120. The molecule has 0 fully saturated rings. The van der Waals surface area contributed by atoms with Gasteiger partial charge in [0.15, 0.2) is 5.78 Å².